The van der Waals surface area contributed by atoms with Gasteiger partial charge in [0.2, 0.25) is 0 Å². The van der Waals surface area contributed by atoms with E-state index in [-0.39, 0.29) is 0 Å². The second-order valence-corrected chi connectivity index (χ2v) is 4.13. The van der Waals surface area contributed by atoms with E-state index in [0.29, 0.717) is 0 Å². The van der Waals surface area contributed by atoms with Crippen LogP contribution in [0.2, 0.25) is 0 Å². The lowest BCUT2D eigenvalue weighted by Crippen LogP contribution is -2.16. The van der Waals surface area contributed by atoms with Crippen molar-refractivity contribution in [2.45, 2.75) is 40.0 Å². The number of rotatable bonds is 4. The Bertz CT molecular complexity index is 320. The van der Waals surface area contributed by atoms with E-state index in [0.717, 1.165) is 29.1 Å². The van der Waals surface area contributed by atoms with Gasteiger partial charge in [-0.25, -0.2) is 4.99 Å². The standard InChI is InChI=1S/C9H12N2.C5H13N/c1-6(2)9-7(3)8(4)10-5-11-9;1-2-3-4-5-6/h5H,1,4H2,2-3H3,(H,10,11);2-6H2,1H3. The zero-order valence-corrected chi connectivity index (χ0v) is 11.3. The number of hydrogen-bond donors (Lipinski definition) is 2. The summed E-state index contributed by atoms with van der Waals surface area (Å²) in [4.78, 5) is 4.14. The molecular formula is C14H25N3. The van der Waals surface area contributed by atoms with E-state index in [4.69, 9.17) is 5.73 Å². The van der Waals surface area contributed by atoms with Gasteiger partial charge in [0.1, 0.15) is 0 Å². The third-order valence-electron chi connectivity index (χ3n) is 2.45. The molecule has 1 aliphatic rings. The molecule has 1 heterocycles. The summed E-state index contributed by atoms with van der Waals surface area (Å²) in [5.41, 5.74) is 9.10. The normalized spacial score (nSPS) is 14.0. The maximum absolute atomic E-state index is 5.21. The van der Waals surface area contributed by atoms with Gasteiger partial charge in [-0.15, -0.1) is 0 Å². The fraction of sp³-hybridized carbons (Fsp3) is 0.500. The molecule has 1 aliphatic heterocycles. The van der Waals surface area contributed by atoms with Gasteiger partial charge in [-0.2, -0.15) is 0 Å². The highest BCUT2D eigenvalue weighted by atomic mass is 15.0. The van der Waals surface area contributed by atoms with Gasteiger partial charge in [-0.3, -0.25) is 0 Å². The predicted molar refractivity (Wildman–Crippen MR) is 76.9 cm³/mol. The fourth-order valence-corrected chi connectivity index (χ4v) is 1.35. The van der Waals surface area contributed by atoms with E-state index in [1.807, 2.05) is 13.8 Å². The second-order valence-electron chi connectivity index (χ2n) is 4.13. The van der Waals surface area contributed by atoms with Crippen molar-refractivity contribution in [2.24, 2.45) is 10.7 Å². The molecule has 3 N–H and O–H groups in total. The lowest BCUT2D eigenvalue weighted by Gasteiger charge is -2.14. The van der Waals surface area contributed by atoms with Gasteiger partial charge in [0.15, 0.2) is 0 Å². The van der Waals surface area contributed by atoms with Crippen LogP contribution in [0.25, 0.3) is 0 Å². The molecule has 0 aromatic rings. The van der Waals surface area contributed by atoms with E-state index in [2.05, 4.69) is 30.4 Å². The average Bonchev–Trinajstić information content (AvgIpc) is 2.30. The third-order valence-corrected chi connectivity index (χ3v) is 2.45. The second kappa shape index (κ2) is 8.76. The van der Waals surface area contributed by atoms with E-state index in [1.165, 1.54) is 19.3 Å². The van der Waals surface area contributed by atoms with Gasteiger partial charge in [0.05, 0.1) is 12.0 Å². The Labute approximate surface area is 105 Å². The number of hydrogen-bond acceptors (Lipinski definition) is 3. The average molecular weight is 235 g/mol. The molecular weight excluding hydrogens is 210 g/mol. The highest BCUT2D eigenvalue weighted by Crippen LogP contribution is 2.19. The molecule has 17 heavy (non-hydrogen) atoms. The molecule has 3 nitrogen and oxygen atoms in total. The number of nitrogens with two attached hydrogens (primary N) is 1. The van der Waals surface area contributed by atoms with Crippen LogP contribution in [-0.4, -0.2) is 12.9 Å². The molecule has 0 saturated carbocycles. The first kappa shape index (κ1) is 15.7. The molecule has 0 radical (unpaired) electrons. The number of allylic oxidation sites excluding steroid dienone is 2. The zero-order chi connectivity index (χ0) is 13.3. The maximum atomic E-state index is 5.21. The van der Waals surface area contributed by atoms with Gasteiger partial charge in [-0.1, -0.05) is 32.9 Å². The molecule has 0 saturated heterocycles. The highest BCUT2D eigenvalue weighted by Gasteiger charge is 2.07. The zero-order valence-electron chi connectivity index (χ0n) is 11.3. The van der Waals surface area contributed by atoms with Gasteiger partial charge in [0, 0.05) is 5.70 Å². The van der Waals surface area contributed by atoms with Crippen molar-refractivity contribution in [3.63, 3.8) is 0 Å². The summed E-state index contributed by atoms with van der Waals surface area (Å²) in [5.74, 6) is 0. The number of unbranched alkanes of at least 4 members (excludes halogenated alkanes) is 2. The first-order chi connectivity index (χ1) is 8.04. The first-order valence-corrected chi connectivity index (χ1v) is 6.09. The van der Waals surface area contributed by atoms with Crippen molar-refractivity contribution >= 4 is 6.34 Å². The minimum atomic E-state index is 0.855. The van der Waals surface area contributed by atoms with Gasteiger partial charge >= 0.3 is 0 Å². The predicted octanol–water partition coefficient (Wildman–Crippen LogP) is 3.12. The van der Waals surface area contributed by atoms with E-state index in [9.17, 15) is 0 Å². The van der Waals surface area contributed by atoms with Crippen molar-refractivity contribution in [3.8, 4) is 0 Å². The SMILES string of the molecule is C=C(C)C1=C(C)C(=C)NC=N1.CCCCCN. The highest BCUT2D eigenvalue weighted by molar-refractivity contribution is 5.66. The smallest absolute Gasteiger partial charge is 0.0930 e. The van der Waals surface area contributed by atoms with Crippen molar-refractivity contribution in [1.29, 1.82) is 0 Å². The molecule has 0 aromatic carbocycles. The minimum absolute atomic E-state index is 0.855. The summed E-state index contributed by atoms with van der Waals surface area (Å²) >= 11 is 0. The molecule has 96 valence electrons. The molecule has 0 unspecified atom stereocenters. The summed E-state index contributed by atoms with van der Waals surface area (Å²) in [5, 5.41) is 2.93. The van der Waals surface area contributed by atoms with Crippen LogP contribution in [-0.2, 0) is 0 Å². The Hall–Kier alpha value is -1.35. The Balaban J connectivity index is 0.000000366. The molecule has 0 fully saturated rings. The molecule has 1 rings (SSSR count). The number of aliphatic imine (C=N–C) groups is 1. The molecule has 0 aliphatic carbocycles. The lowest BCUT2D eigenvalue weighted by molar-refractivity contribution is 0.727. The van der Waals surface area contributed by atoms with Crippen molar-refractivity contribution < 1.29 is 0 Å². The summed E-state index contributed by atoms with van der Waals surface area (Å²) < 4.78 is 0. The van der Waals surface area contributed by atoms with Crippen LogP contribution in [0.3, 0.4) is 0 Å². The molecule has 3 heteroatoms. The monoisotopic (exact) mass is 235 g/mol. The number of nitrogens with one attached hydrogen (secondary N) is 1. The molecule has 0 aromatic heterocycles. The van der Waals surface area contributed by atoms with E-state index < -0.39 is 0 Å². The summed E-state index contributed by atoms with van der Waals surface area (Å²) in [6.07, 6.45) is 5.39. The van der Waals surface area contributed by atoms with Crippen LogP contribution in [0.15, 0.2) is 40.7 Å². The summed E-state index contributed by atoms with van der Waals surface area (Å²) in [6.45, 7) is 14.6. The molecule has 0 amide bonds. The molecule has 0 atom stereocenters. The van der Waals surface area contributed by atoms with Crippen LogP contribution in [0.1, 0.15) is 40.0 Å². The van der Waals surface area contributed by atoms with Crippen LogP contribution in [0.5, 0.6) is 0 Å². The fourth-order valence-electron chi connectivity index (χ4n) is 1.35. The van der Waals surface area contributed by atoms with E-state index in [1.54, 1.807) is 6.34 Å². The van der Waals surface area contributed by atoms with Crippen LogP contribution < -0.4 is 11.1 Å². The Morgan fingerprint density at radius 1 is 1.47 bits per heavy atom. The molecule has 0 bridgehead atoms. The summed E-state index contributed by atoms with van der Waals surface area (Å²) in [6, 6.07) is 0. The third kappa shape index (κ3) is 6.07. The van der Waals surface area contributed by atoms with E-state index >= 15 is 0 Å². The minimum Gasteiger partial charge on any atom is -0.347 e. The first-order valence-electron chi connectivity index (χ1n) is 6.09. The maximum Gasteiger partial charge on any atom is 0.0930 e. The Morgan fingerprint density at radius 2 is 2.12 bits per heavy atom. The van der Waals surface area contributed by atoms with Gasteiger partial charge < -0.3 is 11.1 Å². The van der Waals surface area contributed by atoms with Crippen LogP contribution in [0, 0.1) is 0 Å². The van der Waals surface area contributed by atoms with Crippen molar-refractivity contribution in [3.05, 3.63) is 35.7 Å². The largest absolute Gasteiger partial charge is 0.347 e. The Kier molecular flexibility index (Phi) is 8.07. The number of nitrogens with zero attached hydrogens (tertiary/aromatic N) is 1. The van der Waals surface area contributed by atoms with Crippen LogP contribution in [0.4, 0.5) is 0 Å². The quantitative estimate of drug-likeness (QED) is 0.736. The van der Waals surface area contributed by atoms with Crippen molar-refractivity contribution in [2.75, 3.05) is 6.54 Å². The van der Waals surface area contributed by atoms with Crippen molar-refractivity contribution in [1.82, 2.24) is 5.32 Å². The topological polar surface area (TPSA) is 50.4 Å². The Morgan fingerprint density at radius 3 is 2.47 bits per heavy atom. The van der Waals surface area contributed by atoms with Gasteiger partial charge in [-0.05, 0) is 38.0 Å². The molecule has 0 spiro atoms. The summed E-state index contributed by atoms with van der Waals surface area (Å²) in [7, 11) is 0. The lowest BCUT2D eigenvalue weighted by atomic mass is 10.1. The van der Waals surface area contributed by atoms with Crippen LogP contribution >= 0.6 is 0 Å². The van der Waals surface area contributed by atoms with Gasteiger partial charge in [0.25, 0.3) is 0 Å².